The summed E-state index contributed by atoms with van der Waals surface area (Å²) in [7, 11) is 0. The maximum absolute atomic E-state index is 12.9. The SMILES string of the molecule is CC(Br)C(c1ccccc1)c1ccc(F)cc1. The van der Waals surface area contributed by atoms with Crippen LogP contribution >= 0.6 is 15.9 Å². The predicted molar refractivity (Wildman–Crippen MR) is 73.1 cm³/mol. The minimum atomic E-state index is -0.192. The fraction of sp³-hybridized carbons (Fsp3) is 0.200. The molecule has 0 saturated carbocycles. The molecule has 0 spiro atoms. The molecule has 0 bridgehead atoms. The van der Waals surface area contributed by atoms with E-state index in [-0.39, 0.29) is 11.7 Å². The second-order valence-corrected chi connectivity index (χ2v) is 5.56. The van der Waals surface area contributed by atoms with Gasteiger partial charge in [-0.3, -0.25) is 0 Å². The monoisotopic (exact) mass is 292 g/mol. The molecule has 0 aromatic heterocycles. The summed E-state index contributed by atoms with van der Waals surface area (Å²) >= 11 is 3.64. The Labute approximate surface area is 110 Å². The van der Waals surface area contributed by atoms with E-state index in [9.17, 15) is 4.39 Å². The lowest BCUT2D eigenvalue weighted by Crippen LogP contribution is -2.10. The van der Waals surface area contributed by atoms with E-state index >= 15 is 0 Å². The van der Waals surface area contributed by atoms with Gasteiger partial charge in [0.15, 0.2) is 0 Å². The van der Waals surface area contributed by atoms with E-state index in [1.165, 1.54) is 17.7 Å². The van der Waals surface area contributed by atoms with Crippen molar-refractivity contribution in [2.75, 3.05) is 0 Å². The Bertz CT molecular complexity index is 462. The second kappa shape index (κ2) is 5.46. The van der Waals surface area contributed by atoms with Crippen LogP contribution in [0.1, 0.15) is 24.0 Å². The topological polar surface area (TPSA) is 0 Å². The molecular weight excluding hydrogens is 279 g/mol. The lowest BCUT2D eigenvalue weighted by atomic mass is 9.89. The van der Waals surface area contributed by atoms with E-state index in [1.807, 2.05) is 30.3 Å². The van der Waals surface area contributed by atoms with Gasteiger partial charge in [0.05, 0.1) is 0 Å². The first-order chi connectivity index (χ1) is 8.18. The van der Waals surface area contributed by atoms with Crippen LogP contribution in [0, 0.1) is 5.82 Å². The van der Waals surface area contributed by atoms with Gasteiger partial charge in [0.1, 0.15) is 5.82 Å². The van der Waals surface area contributed by atoms with Crippen molar-refractivity contribution in [3.8, 4) is 0 Å². The van der Waals surface area contributed by atoms with Crippen LogP contribution in [0.3, 0.4) is 0 Å². The maximum Gasteiger partial charge on any atom is 0.123 e. The Morgan fingerprint density at radius 2 is 1.41 bits per heavy atom. The quantitative estimate of drug-likeness (QED) is 0.717. The van der Waals surface area contributed by atoms with Crippen LogP contribution in [0.2, 0.25) is 0 Å². The minimum Gasteiger partial charge on any atom is -0.207 e. The van der Waals surface area contributed by atoms with Crippen molar-refractivity contribution < 1.29 is 4.39 Å². The average Bonchev–Trinajstić information content (AvgIpc) is 2.33. The highest BCUT2D eigenvalue weighted by Gasteiger charge is 2.18. The van der Waals surface area contributed by atoms with Crippen molar-refractivity contribution in [3.63, 3.8) is 0 Å². The van der Waals surface area contributed by atoms with Gasteiger partial charge in [0, 0.05) is 10.7 Å². The van der Waals surface area contributed by atoms with Gasteiger partial charge in [-0.05, 0) is 23.3 Å². The number of hydrogen-bond donors (Lipinski definition) is 0. The highest BCUT2D eigenvalue weighted by atomic mass is 79.9. The van der Waals surface area contributed by atoms with Crippen molar-refractivity contribution in [1.29, 1.82) is 0 Å². The van der Waals surface area contributed by atoms with Crippen LogP contribution in [0.25, 0.3) is 0 Å². The standard InChI is InChI=1S/C15H14BrF/c1-11(16)15(12-5-3-2-4-6-12)13-7-9-14(17)10-8-13/h2-11,15H,1H3. The fourth-order valence-corrected chi connectivity index (χ4v) is 2.66. The number of alkyl halides is 1. The molecule has 0 saturated heterocycles. The van der Waals surface area contributed by atoms with E-state index in [0.29, 0.717) is 4.83 Å². The van der Waals surface area contributed by atoms with Gasteiger partial charge >= 0.3 is 0 Å². The Kier molecular flexibility index (Phi) is 3.95. The van der Waals surface area contributed by atoms with Crippen LogP contribution in [0.5, 0.6) is 0 Å². The zero-order valence-corrected chi connectivity index (χ0v) is 11.2. The summed E-state index contributed by atoms with van der Waals surface area (Å²) in [6, 6.07) is 17.0. The van der Waals surface area contributed by atoms with Crippen molar-refractivity contribution in [1.82, 2.24) is 0 Å². The molecule has 0 aliphatic carbocycles. The molecule has 0 heterocycles. The number of rotatable bonds is 3. The van der Waals surface area contributed by atoms with Crippen molar-refractivity contribution in [2.45, 2.75) is 17.7 Å². The van der Waals surface area contributed by atoms with Gasteiger partial charge in [0.2, 0.25) is 0 Å². The van der Waals surface area contributed by atoms with Crippen molar-refractivity contribution in [2.24, 2.45) is 0 Å². The number of benzene rings is 2. The molecule has 0 aliphatic heterocycles. The normalized spacial score (nSPS) is 14.3. The molecule has 2 rings (SSSR count). The Hall–Kier alpha value is -1.15. The molecule has 0 N–H and O–H groups in total. The van der Waals surface area contributed by atoms with Crippen LogP contribution in [0.4, 0.5) is 4.39 Å². The Morgan fingerprint density at radius 1 is 0.882 bits per heavy atom. The molecule has 0 aliphatic rings. The zero-order chi connectivity index (χ0) is 12.3. The Morgan fingerprint density at radius 3 is 1.94 bits per heavy atom. The summed E-state index contributed by atoms with van der Waals surface area (Å²) in [4.78, 5) is 0.301. The molecule has 0 radical (unpaired) electrons. The minimum absolute atomic E-state index is 0.192. The summed E-state index contributed by atoms with van der Waals surface area (Å²) in [5, 5.41) is 0. The first-order valence-corrected chi connectivity index (χ1v) is 6.54. The Balaban J connectivity index is 2.39. The highest BCUT2D eigenvalue weighted by molar-refractivity contribution is 9.09. The number of halogens is 2. The molecule has 88 valence electrons. The average molecular weight is 293 g/mol. The number of hydrogen-bond acceptors (Lipinski definition) is 0. The van der Waals surface area contributed by atoms with Gasteiger partial charge < -0.3 is 0 Å². The van der Waals surface area contributed by atoms with E-state index in [2.05, 4.69) is 35.0 Å². The van der Waals surface area contributed by atoms with Crippen molar-refractivity contribution in [3.05, 3.63) is 71.5 Å². The third-order valence-corrected chi connectivity index (χ3v) is 3.38. The molecule has 0 fully saturated rings. The van der Waals surface area contributed by atoms with Gasteiger partial charge in [-0.15, -0.1) is 0 Å². The zero-order valence-electron chi connectivity index (χ0n) is 9.61. The lowest BCUT2D eigenvalue weighted by Gasteiger charge is -2.20. The van der Waals surface area contributed by atoms with Gasteiger partial charge in [0.25, 0.3) is 0 Å². The summed E-state index contributed by atoms with van der Waals surface area (Å²) < 4.78 is 12.9. The second-order valence-electron chi connectivity index (χ2n) is 4.12. The third-order valence-electron chi connectivity index (χ3n) is 2.85. The highest BCUT2D eigenvalue weighted by Crippen LogP contribution is 2.31. The molecule has 2 atom stereocenters. The van der Waals surface area contributed by atoms with E-state index < -0.39 is 0 Å². The van der Waals surface area contributed by atoms with Crippen LogP contribution in [0.15, 0.2) is 54.6 Å². The van der Waals surface area contributed by atoms with Crippen LogP contribution in [-0.2, 0) is 0 Å². The first kappa shape index (κ1) is 12.3. The smallest absolute Gasteiger partial charge is 0.123 e. The molecular formula is C15H14BrF. The van der Waals surface area contributed by atoms with Crippen molar-refractivity contribution >= 4 is 15.9 Å². The fourth-order valence-electron chi connectivity index (χ4n) is 2.05. The van der Waals surface area contributed by atoms with E-state index in [0.717, 1.165) is 5.56 Å². The van der Waals surface area contributed by atoms with Gasteiger partial charge in [-0.25, -0.2) is 4.39 Å². The molecule has 2 unspecified atom stereocenters. The molecule has 2 aromatic rings. The summed E-state index contributed by atoms with van der Waals surface area (Å²) in [5.41, 5.74) is 2.37. The van der Waals surface area contributed by atoms with Gasteiger partial charge in [-0.2, -0.15) is 0 Å². The van der Waals surface area contributed by atoms with Crippen LogP contribution in [-0.4, -0.2) is 4.83 Å². The molecule has 0 nitrogen and oxygen atoms in total. The molecule has 2 aromatic carbocycles. The largest absolute Gasteiger partial charge is 0.207 e. The molecule has 2 heteroatoms. The first-order valence-electron chi connectivity index (χ1n) is 5.63. The predicted octanol–water partition coefficient (Wildman–Crippen LogP) is 4.74. The van der Waals surface area contributed by atoms with E-state index in [4.69, 9.17) is 0 Å². The maximum atomic E-state index is 12.9. The molecule has 0 amide bonds. The summed E-state index contributed by atoms with van der Waals surface area (Å²) in [5.74, 6) is 0.0552. The van der Waals surface area contributed by atoms with Gasteiger partial charge in [-0.1, -0.05) is 65.3 Å². The van der Waals surface area contributed by atoms with E-state index in [1.54, 1.807) is 0 Å². The molecule has 17 heavy (non-hydrogen) atoms. The summed E-state index contributed by atoms with van der Waals surface area (Å²) in [6.07, 6.45) is 0. The summed E-state index contributed by atoms with van der Waals surface area (Å²) in [6.45, 7) is 2.11. The third kappa shape index (κ3) is 2.95. The lowest BCUT2D eigenvalue weighted by molar-refractivity contribution is 0.626. The van der Waals surface area contributed by atoms with Crippen LogP contribution < -0.4 is 0 Å².